The second-order valence-corrected chi connectivity index (χ2v) is 3.69. The average molecular weight is 247 g/mol. The monoisotopic (exact) mass is 247 g/mol. The number of nitrogens with one attached hydrogen (secondary N) is 1. The third-order valence-corrected chi connectivity index (χ3v) is 2.52. The van der Waals surface area contributed by atoms with E-state index in [1.807, 2.05) is 7.05 Å². The number of pyridine rings is 1. The normalized spacial score (nSPS) is 10.5. The van der Waals surface area contributed by atoms with Crippen molar-refractivity contribution in [1.29, 1.82) is 0 Å². The Morgan fingerprint density at radius 3 is 3.00 bits per heavy atom. The van der Waals surface area contributed by atoms with Gasteiger partial charge in [-0.2, -0.15) is 0 Å². The SMILES string of the molecule is CNCCOc1ccc([N+](=O)[O-])c2cccnc12. The molecule has 1 aromatic heterocycles. The molecule has 94 valence electrons. The maximum absolute atomic E-state index is 10.9. The van der Waals surface area contributed by atoms with Crippen LogP contribution in [0.2, 0.25) is 0 Å². The summed E-state index contributed by atoms with van der Waals surface area (Å²) < 4.78 is 5.55. The smallest absolute Gasteiger partial charge is 0.279 e. The molecule has 2 rings (SSSR count). The van der Waals surface area contributed by atoms with Crippen LogP contribution >= 0.6 is 0 Å². The zero-order valence-corrected chi connectivity index (χ0v) is 9.92. The van der Waals surface area contributed by atoms with E-state index in [1.54, 1.807) is 24.4 Å². The first kappa shape index (κ1) is 12.3. The predicted octanol–water partition coefficient (Wildman–Crippen LogP) is 1.74. The summed E-state index contributed by atoms with van der Waals surface area (Å²) in [5.41, 5.74) is 0.557. The van der Waals surface area contributed by atoms with Gasteiger partial charge in [-0.15, -0.1) is 0 Å². The summed E-state index contributed by atoms with van der Waals surface area (Å²) in [6.45, 7) is 1.19. The Hall–Kier alpha value is -2.21. The lowest BCUT2D eigenvalue weighted by atomic mass is 10.1. The summed E-state index contributed by atoms with van der Waals surface area (Å²) in [6, 6.07) is 6.37. The Kier molecular flexibility index (Phi) is 3.69. The summed E-state index contributed by atoms with van der Waals surface area (Å²) in [5, 5.41) is 14.4. The van der Waals surface area contributed by atoms with Gasteiger partial charge in [0.15, 0.2) is 0 Å². The van der Waals surface area contributed by atoms with E-state index in [9.17, 15) is 10.1 Å². The molecule has 6 heteroatoms. The van der Waals surface area contributed by atoms with Crippen LogP contribution in [0.15, 0.2) is 30.5 Å². The van der Waals surface area contributed by atoms with Gasteiger partial charge in [0.2, 0.25) is 0 Å². The molecule has 0 aliphatic heterocycles. The first-order valence-electron chi connectivity index (χ1n) is 5.53. The number of nitro groups is 1. The fraction of sp³-hybridized carbons (Fsp3) is 0.250. The molecule has 1 N–H and O–H groups in total. The van der Waals surface area contributed by atoms with Crippen molar-refractivity contribution in [1.82, 2.24) is 10.3 Å². The number of hydrogen-bond acceptors (Lipinski definition) is 5. The highest BCUT2D eigenvalue weighted by Crippen LogP contribution is 2.30. The van der Waals surface area contributed by atoms with Crippen molar-refractivity contribution in [2.24, 2.45) is 0 Å². The Morgan fingerprint density at radius 1 is 1.44 bits per heavy atom. The van der Waals surface area contributed by atoms with Crippen LogP contribution in [-0.4, -0.2) is 30.1 Å². The Bertz CT molecular complexity index is 571. The van der Waals surface area contributed by atoms with E-state index in [2.05, 4.69) is 10.3 Å². The van der Waals surface area contributed by atoms with Gasteiger partial charge in [0.25, 0.3) is 5.69 Å². The fourth-order valence-corrected chi connectivity index (χ4v) is 1.67. The molecule has 0 radical (unpaired) electrons. The Morgan fingerprint density at radius 2 is 2.28 bits per heavy atom. The number of fused-ring (bicyclic) bond motifs is 1. The minimum atomic E-state index is -0.415. The zero-order valence-electron chi connectivity index (χ0n) is 9.92. The maximum atomic E-state index is 10.9. The van der Waals surface area contributed by atoms with Gasteiger partial charge in [0, 0.05) is 18.8 Å². The third-order valence-electron chi connectivity index (χ3n) is 2.52. The molecule has 0 bridgehead atoms. The van der Waals surface area contributed by atoms with Crippen LogP contribution in [-0.2, 0) is 0 Å². The van der Waals surface area contributed by atoms with Crippen LogP contribution < -0.4 is 10.1 Å². The first-order valence-corrected chi connectivity index (χ1v) is 5.53. The highest BCUT2D eigenvalue weighted by molar-refractivity contribution is 5.92. The molecule has 1 aromatic carbocycles. The molecule has 2 aromatic rings. The van der Waals surface area contributed by atoms with Crippen LogP contribution in [0, 0.1) is 10.1 Å². The molecule has 0 saturated carbocycles. The fourth-order valence-electron chi connectivity index (χ4n) is 1.67. The van der Waals surface area contributed by atoms with E-state index in [1.165, 1.54) is 6.07 Å². The van der Waals surface area contributed by atoms with Crippen molar-refractivity contribution in [3.05, 3.63) is 40.6 Å². The third kappa shape index (κ3) is 2.38. The molecule has 0 atom stereocenters. The molecule has 0 fully saturated rings. The molecule has 18 heavy (non-hydrogen) atoms. The van der Waals surface area contributed by atoms with E-state index < -0.39 is 4.92 Å². The Balaban J connectivity index is 2.44. The molecule has 1 heterocycles. The van der Waals surface area contributed by atoms with E-state index in [-0.39, 0.29) is 5.69 Å². The number of likely N-dealkylation sites (N-methyl/N-ethyl adjacent to an activating group) is 1. The summed E-state index contributed by atoms with van der Waals surface area (Å²) in [7, 11) is 1.83. The van der Waals surface area contributed by atoms with Gasteiger partial charge >= 0.3 is 0 Å². The van der Waals surface area contributed by atoms with Crippen LogP contribution in [0.3, 0.4) is 0 Å². The highest BCUT2D eigenvalue weighted by Gasteiger charge is 2.15. The van der Waals surface area contributed by atoms with Gasteiger partial charge in [0.05, 0.1) is 10.3 Å². The van der Waals surface area contributed by atoms with Gasteiger partial charge in [-0.25, -0.2) is 0 Å². The number of nitrogens with zero attached hydrogens (tertiary/aromatic N) is 2. The number of nitro benzene ring substituents is 1. The second kappa shape index (κ2) is 5.42. The quantitative estimate of drug-likeness (QED) is 0.494. The molecule has 0 unspecified atom stereocenters. The summed E-state index contributed by atoms with van der Waals surface area (Å²) in [5.74, 6) is 0.562. The van der Waals surface area contributed by atoms with Crippen LogP contribution in [0.5, 0.6) is 5.75 Å². The van der Waals surface area contributed by atoms with E-state index >= 15 is 0 Å². The van der Waals surface area contributed by atoms with Gasteiger partial charge in [-0.1, -0.05) is 0 Å². The van der Waals surface area contributed by atoms with Crippen LogP contribution in [0.1, 0.15) is 0 Å². The maximum Gasteiger partial charge on any atom is 0.279 e. The Labute approximate surface area is 104 Å². The van der Waals surface area contributed by atoms with Gasteiger partial charge in [0.1, 0.15) is 17.9 Å². The van der Waals surface area contributed by atoms with Gasteiger partial charge in [-0.05, 0) is 25.2 Å². The average Bonchev–Trinajstić information content (AvgIpc) is 2.38. The van der Waals surface area contributed by atoms with Crippen molar-refractivity contribution in [2.45, 2.75) is 0 Å². The minimum absolute atomic E-state index is 0.0408. The molecular weight excluding hydrogens is 234 g/mol. The number of hydrogen-bond donors (Lipinski definition) is 1. The molecule has 0 aliphatic carbocycles. The standard InChI is InChI=1S/C12H13N3O3/c1-13-7-8-18-11-5-4-10(15(16)17)9-3-2-6-14-12(9)11/h2-6,13H,7-8H2,1H3. The minimum Gasteiger partial charge on any atom is -0.490 e. The summed E-state index contributed by atoms with van der Waals surface area (Å²) in [4.78, 5) is 14.7. The van der Waals surface area contributed by atoms with Crippen molar-refractivity contribution in [3.63, 3.8) is 0 Å². The lowest BCUT2D eigenvalue weighted by molar-refractivity contribution is -0.383. The lowest BCUT2D eigenvalue weighted by Gasteiger charge is -2.08. The van der Waals surface area contributed by atoms with Gasteiger partial charge in [-0.3, -0.25) is 15.1 Å². The molecule has 0 saturated heterocycles. The summed E-state index contributed by atoms with van der Waals surface area (Å²) in [6.07, 6.45) is 1.59. The first-order chi connectivity index (χ1) is 8.74. The van der Waals surface area contributed by atoms with E-state index in [0.29, 0.717) is 29.8 Å². The number of benzene rings is 1. The molecule has 0 aliphatic rings. The van der Waals surface area contributed by atoms with Gasteiger partial charge < -0.3 is 10.1 Å². The largest absolute Gasteiger partial charge is 0.490 e. The van der Waals surface area contributed by atoms with Crippen LogP contribution in [0.4, 0.5) is 5.69 Å². The zero-order chi connectivity index (χ0) is 13.0. The molecule has 0 amide bonds. The number of aromatic nitrogens is 1. The van der Waals surface area contributed by atoms with Crippen molar-refractivity contribution in [3.8, 4) is 5.75 Å². The second-order valence-electron chi connectivity index (χ2n) is 3.69. The molecular formula is C12H13N3O3. The van der Waals surface area contributed by atoms with E-state index in [0.717, 1.165) is 0 Å². The molecule has 0 spiro atoms. The highest BCUT2D eigenvalue weighted by atomic mass is 16.6. The van der Waals surface area contributed by atoms with Crippen LogP contribution in [0.25, 0.3) is 10.9 Å². The molecule has 6 nitrogen and oxygen atoms in total. The number of ether oxygens (including phenoxy) is 1. The van der Waals surface area contributed by atoms with E-state index in [4.69, 9.17) is 4.74 Å². The lowest BCUT2D eigenvalue weighted by Crippen LogP contribution is -2.16. The predicted molar refractivity (Wildman–Crippen MR) is 67.8 cm³/mol. The van der Waals surface area contributed by atoms with Crippen molar-refractivity contribution in [2.75, 3.05) is 20.2 Å². The topological polar surface area (TPSA) is 77.3 Å². The summed E-state index contributed by atoms with van der Waals surface area (Å²) >= 11 is 0. The number of non-ortho nitro benzene ring substituents is 1. The van der Waals surface area contributed by atoms with Crippen molar-refractivity contribution < 1.29 is 9.66 Å². The van der Waals surface area contributed by atoms with Crippen molar-refractivity contribution >= 4 is 16.6 Å². The number of rotatable bonds is 5.